The molecular formula is C11H14O3S. The van der Waals surface area contributed by atoms with Crippen molar-refractivity contribution in [3.8, 4) is 5.75 Å². The molecule has 1 rings (SSSR count). The molecule has 0 aliphatic carbocycles. The highest BCUT2D eigenvalue weighted by Gasteiger charge is 2.04. The third kappa shape index (κ3) is 3.57. The lowest BCUT2D eigenvalue weighted by Gasteiger charge is -2.08. The molecule has 0 saturated heterocycles. The minimum atomic E-state index is 0.167. The van der Waals surface area contributed by atoms with Crippen LogP contribution in [-0.4, -0.2) is 30.9 Å². The maximum Gasteiger partial charge on any atom is 0.150 e. The molecule has 1 N–H and O–H groups in total. The molecule has 0 amide bonds. The van der Waals surface area contributed by atoms with Gasteiger partial charge in [-0.1, -0.05) is 0 Å². The SMILES string of the molecule is COc1ccc(C=O)cc1CSCCO. The molecule has 0 aromatic heterocycles. The van der Waals surface area contributed by atoms with Gasteiger partial charge in [0, 0.05) is 22.6 Å². The molecule has 15 heavy (non-hydrogen) atoms. The van der Waals surface area contributed by atoms with Gasteiger partial charge in [-0.25, -0.2) is 0 Å². The van der Waals surface area contributed by atoms with Gasteiger partial charge in [-0.2, -0.15) is 11.8 Å². The first-order chi connectivity index (χ1) is 7.31. The Hall–Kier alpha value is -1.00. The minimum absolute atomic E-state index is 0.167. The van der Waals surface area contributed by atoms with Crippen LogP contribution in [0.25, 0.3) is 0 Å². The standard InChI is InChI=1S/C11H14O3S/c1-14-11-3-2-9(7-13)6-10(11)8-15-5-4-12/h2-3,6-7,12H,4-5,8H2,1H3. The summed E-state index contributed by atoms with van der Waals surface area (Å²) in [4.78, 5) is 10.6. The summed E-state index contributed by atoms with van der Waals surface area (Å²) < 4.78 is 5.18. The molecule has 0 bridgehead atoms. The number of aldehydes is 1. The average Bonchev–Trinajstić information content (AvgIpc) is 2.29. The van der Waals surface area contributed by atoms with Crippen LogP contribution in [0.5, 0.6) is 5.75 Å². The maximum absolute atomic E-state index is 10.6. The third-order valence-electron chi connectivity index (χ3n) is 1.93. The molecule has 4 heteroatoms. The Labute approximate surface area is 93.4 Å². The Morgan fingerprint density at radius 1 is 1.53 bits per heavy atom. The van der Waals surface area contributed by atoms with Crippen molar-refractivity contribution in [2.24, 2.45) is 0 Å². The first-order valence-corrected chi connectivity index (χ1v) is 5.78. The van der Waals surface area contributed by atoms with E-state index in [-0.39, 0.29) is 6.61 Å². The molecule has 1 aromatic rings. The zero-order chi connectivity index (χ0) is 11.1. The summed E-state index contributed by atoms with van der Waals surface area (Å²) >= 11 is 1.61. The van der Waals surface area contributed by atoms with Crippen molar-refractivity contribution in [1.82, 2.24) is 0 Å². The monoisotopic (exact) mass is 226 g/mol. The minimum Gasteiger partial charge on any atom is -0.496 e. The normalized spacial score (nSPS) is 10.0. The summed E-state index contributed by atoms with van der Waals surface area (Å²) in [5.41, 5.74) is 1.64. The number of carbonyl (C=O) groups is 1. The zero-order valence-electron chi connectivity index (χ0n) is 8.60. The first-order valence-electron chi connectivity index (χ1n) is 4.62. The van der Waals surface area contributed by atoms with E-state index in [1.807, 2.05) is 6.07 Å². The van der Waals surface area contributed by atoms with E-state index in [0.29, 0.717) is 11.3 Å². The second-order valence-electron chi connectivity index (χ2n) is 2.97. The smallest absolute Gasteiger partial charge is 0.150 e. The lowest BCUT2D eigenvalue weighted by Crippen LogP contribution is -1.94. The molecule has 82 valence electrons. The van der Waals surface area contributed by atoms with Crippen molar-refractivity contribution in [3.05, 3.63) is 29.3 Å². The van der Waals surface area contributed by atoms with Crippen LogP contribution in [-0.2, 0) is 5.75 Å². The van der Waals surface area contributed by atoms with Crippen molar-refractivity contribution in [3.63, 3.8) is 0 Å². The van der Waals surface area contributed by atoms with Gasteiger partial charge >= 0.3 is 0 Å². The fraction of sp³-hybridized carbons (Fsp3) is 0.364. The van der Waals surface area contributed by atoms with Crippen molar-refractivity contribution in [2.45, 2.75) is 5.75 Å². The number of aliphatic hydroxyl groups excluding tert-OH is 1. The number of carbonyl (C=O) groups excluding carboxylic acids is 1. The van der Waals surface area contributed by atoms with E-state index in [0.717, 1.165) is 23.4 Å². The van der Waals surface area contributed by atoms with E-state index >= 15 is 0 Å². The summed E-state index contributed by atoms with van der Waals surface area (Å²) in [6.07, 6.45) is 0.819. The Kier molecular flexibility index (Phi) is 5.21. The molecule has 1 aromatic carbocycles. The van der Waals surface area contributed by atoms with Gasteiger partial charge in [0.15, 0.2) is 0 Å². The van der Waals surface area contributed by atoms with E-state index in [4.69, 9.17) is 9.84 Å². The number of benzene rings is 1. The molecule has 0 atom stereocenters. The predicted octanol–water partition coefficient (Wildman–Crippen LogP) is 1.73. The number of methoxy groups -OCH3 is 1. The van der Waals surface area contributed by atoms with E-state index in [1.54, 1.807) is 31.0 Å². The highest BCUT2D eigenvalue weighted by Crippen LogP contribution is 2.23. The second-order valence-corrected chi connectivity index (χ2v) is 4.07. The zero-order valence-corrected chi connectivity index (χ0v) is 9.42. The highest BCUT2D eigenvalue weighted by atomic mass is 32.2. The van der Waals surface area contributed by atoms with Crippen molar-refractivity contribution in [2.75, 3.05) is 19.5 Å². The van der Waals surface area contributed by atoms with Gasteiger partial charge in [0.1, 0.15) is 12.0 Å². The number of rotatable bonds is 6. The van der Waals surface area contributed by atoms with Crippen LogP contribution in [0.3, 0.4) is 0 Å². The number of hydrogen-bond acceptors (Lipinski definition) is 4. The Morgan fingerprint density at radius 3 is 2.93 bits per heavy atom. The number of thioether (sulfide) groups is 1. The van der Waals surface area contributed by atoms with Gasteiger partial charge in [-0.15, -0.1) is 0 Å². The number of ether oxygens (including phenoxy) is 1. The van der Waals surface area contributed by atoms with E-state index in [1.165, 1.54) is 0 Å². The average molecular weight is 226 g/mol. The molecule has 0 spiro atoms. The molecule has 0 unspecified atom stereocenters. The lowest BCUT2D eigenvalue weighted by atomic mass is 10.1. The van der Waals surface area contributed by atoms with Gasteiger partial charge < -0.3 is 9.84 Å². The predicted molar refractivity (Wildman–Crippen MR) is 61.6 cm³/mol. The number of hydrogen-bond donors (Lipinski definition) is 1. The molecule has 0 aliphatic heterocycles. The highest BCUT2D eigenvalue weighted by molar-refractivity contribution is 7.98. The van der Waals surface area contributed by atoms with Crippen LogP contribution in [0.1, 0.15) is 15.9 Å². The first kappa shape index (κ1) is 12.1. The van der Waals surface area contributed by atoms with Crippen molar-refractivity contribution >= 4 is 18.0 Å². The second kappa shape index (κ2) is 6.48. The van der Waals surface area contributed by atoms with E-state index < -0.39 is 0 Å². The molecular weight excluding hydrogens is 212 g/mol. The van der Waals surface area contributed by atoms with Crippen LogP contribution in [0.15, 0.2) is 18.2 Å². The maximum atomic E-state index is 10.6. The lowest BCUT2D eigenvalue weighted by molar-refractivity contribution is 0.112. The fourth-order valence-corrected chi connectivity index (χ4v) is 1.95. The third-order valence-corrected chi connectivity index (χ3v) is 2.92. The Balaban J connectivity index is 2.76. The molecule has 0 heterocycles. The molecule has 0 saturated carbocycles. The van der Waals surface area contributed by atoms with Gasteiger partial charge in [0.25, 0.3) is 0 Å². The Morgan fingerprint density at radius 2 is 2.33 bits per heavy atom. The Bertz CT molecular complexity index is 326. The van der Waals surface area contributed by atoms with Gasteiger partial charge in [-0.05, 0) is 18.2 Å². The van der Waals surface area contributed by atoms with E-state index in [9.17, 15) is 4.79 Å². The molecule has 0 aliphatic rings. The fourth-order valence-electron chi connectivity index (χ4n) is 1.23. The molecule has 0 fully saturated rings. The molecule has 0 radical (unpaired) electrons. The summed E-state index contributed by atoms with van der Waals surface area (Å²) in [6, 6.07) is 5.33. The van der Waals surface area contributed by atoms with Crippen LogP contribution >= 0.6 is 11.8 Å². The summed E-state index contributed by atoms with van der Waals surface area (Å²) in [5.74, 6) is 2.21. The van der Waals surface area contributed by atoms with Crippen LogP contribution < -0.4 is 4.74 Å². The van der Waals surface area contributed by atoms with E-state index in [2.05, 4.69) is 0 Å². The summed E-state index contributed by atoms with van der Waals surface area (Å²) in [5, 5.41) is 8.66. The quantitative estimate of drug-likeness (QED) is 0.593. The summed E-state index contributed by atoms with van der Waals surface area (Å²) in [6.45, 7) is 0.167. The topological polar surface area (TPSA) is 46.5 Å². The number of aliphatic hydroxyl groups is 1. The largest absolute Gasteiger partial charge is 0.496 e. The van der Waals surface area contributed by atoms with Crippen LogP contribution in [0, 0.1) is 0 Å². The van der Waals surface area contributed by atoms with Crippen molar-refractivity contribution in [1.29, 1.82) is 0 Å². The molecule has 3 nitrogen and oxygen atoms in total. The van der Waals surface area contributed by atoms with Crippen LogP contribution in [0.2, 0.25) is 0 Å². The van der Waals surface area contributed by atoms with Gasteiger partial charge in [0.05, 0.1) is 13.7 Å². The van der Waals surface area contributed by atoms with Crippen molar-refractivity contribution < 1.29 is 14.6 Å². The summed E-state index contributed by atoms with van der Waals surface area (Å²) in [7, 11) is 1.61. The van der Waals surface area contributed by atoms with Gasteiger partial charge in [-0.3, -0.25) is 4.79 Å². The van der Waals surface area contributed by atoms with Gasteiger partial charge in [0.2, 0.25) is 0 Å². The van der Waals surface area contributed by atoms with Crippen LogP contribution in [0.4, 0.5) is 0 Å².